The molecule has 0 fully saturated rings. The van der Waals surface area contributed by atoms with Gasteiger partial charge in [0.1, 0.15) is 11.6 Å². The Kier molecular flexibility index (Phi) is 5.76. The van der Waals surface area contributed by atoms with Crippen molar-refractivity contribution in [2.45, 2.75) is 6.92 Å². The Morgan fingerprint density at radius 3 is 2.62 bits per heavy atom. The van der Waals surface area contributed by atoms with Crippen molar-refractivity contribution in [1.29, 1.82) is 5.26 Å². The van der Waals surface area contributed by atoms with E-state index in [-0.39, 0.29) is 17.3 Å². The third-order valence-electron chi connectivity index (χ3n) is 2.86. The molecular weight excluding hydrogens is 374 g/mol. The molecule has 0 unspecified atom stereocenters. The third-order valence-corrected chi connectivity index (χ3v) is 3.27. The van der Waals surface area contributed by atoms with E-state index in [1.54, 1.807) is 30.3 Å². The number of halogens is 1. The summed E-state index contributed by atoms with van der Waals surface area (Å²) in [4.78, 5) is 31.4. The Bertz CT molecular complexity index is 840. The van der Waals surface area contributed by atoms with Crippen LogP contribution in [0.4, 0.5) is 11.6 Å². The van der Waals surface area contributed by atoms with E-state index in [0.29, 0.717) is 15.7 Å². The van der Waals surface area contributed by atoms with Crippen LogP contribution < -0.4 is 10.6 Å². The molecule has 0 saturated heterocycles. The number of carbonyl (C=O) groups excluding carboxylic acids is 2. The first-order chi connectivity index (χ1) is 11.5. The molecule has 0 atom stereocenters. The van der Waals surface area contributed by atoms with E-state index >= 15 is 0 Å². The number of ketones is 1. The number of nitrogens with one attached hydrogen (secondary N) is 2. The van der Waals surface area contributed by atoms with Crippen molar-refractivity contribution < 1.29 is 9.59 Å². The average molecular weight is 386 g/mol. The van der Waals surface area contributed by atoms with Crippen molar-refractivity contribution in [2.24, 2.45) is 0 Å². The van der Waals surface area contributed by atoms with Crippen molar-refractivity contribution in [3.05, 3.63) is 58.5 Å². The van der Waals surface area contributed by atoms with Gasteiger partial charge in [-0.25, -0.2) is 9.97 Å². The van der Waals surface area contributed by atoms with Gasteiger partial charge in [0.05, 0.1) is 4.47 Å². The Hall–Kier alpha value is -3.05. The van der Waals surface area contributed by atoms with Crippen LogP contribution in [0.15, 0.2) is 52.9 Å². The highest BCUT2D eigenvalue weighted by atomic mass is 79.9. The first-order valence-electron chi connectivity index (χ1n) is 6.76. The molecule has 7 nitrogen and oxygen atoms in total. The summed E-state index contributed by atoms with van der Waals surface area (Å²) in [5.74, 6) is -0.476. The molecule has 0 aliphatic rings. The smallest absolute Gasteiger partial charge is 0.267 e. The number of hydrogen-bond donors (Lipinski definition) is 2. The molecule has 120 valence electrons. The summed E-state index contributed by atoms with van der Waals surface area (Å²) in [6.45, 7) is 1.43. The number of carbonyl (C=O) groups is 2. The number of anilines is 2. The molecule has 2 N–H and O–H groups in total. The van der Waals surface area contributed by atoms with Crippen molar-refractivity contribution in [2.75, 3.05) is 10.6 Å². The summed E-state index contributed by atoms with van der Waals surface area (Å²) in [5, 5.41) is 14.4. The second kappa shape index (κ2) is 7.99. The van der Waals surface area contributed by atoms with E-state index in [1.807, 2.05) is 0 Å². The number of nitrogens with zero attached hydrogens (tertiary/aromatic N) is 3. The summed E-state index contributed by atoms with van der Waals surface area (Å²) in [7, 11) is 0. The van der Waals surface area contributed by atoms with E-state index in [0.717, 1.165) is 0 Å². The van der Waals surface area contributed by atoms with Crippen LogP contribution in [0.2, 0.25) is 0 Å². The average Bonchev–Trinajstić information content (AvgIpc) is 2.57. The lowest BCUT2D eigenvalue weighted by Crippen LogP contribution is -2.15. The summed E-state index contributed by atoms with van der Waals surface area (Å²) in [5.41, 5.74) is 0.736. The molecule has 2 aromatic rings. The lowest BCUT2D eigenvalue weighted by atomic mass is 10.1. The number of Topliss-reactive ketones (excluding diaryl/α,β-unsaturated/α-hetero) is 1. The van der Waals surface area contributed by atoms with Crippen molar-refractivity contribution in [1.82, 2.24) is 9.97 Å². The Morgan fingerprint density at radius 2 is 2.00 bits per heavy atom. The van der Waals surface area contributed by atoms with Gasteiger partial charge in [0.2, 0.25) is 5.95 Å². The summed E-state index contributed by atoms with van der Waals surface area (Å²) >= 11 is 3.21. The van der Waals surface area contributed by atoms with Gasteiger partial charge in [-0.15, -0.1) is 0 Å². The number of benzene rings is 1. The van der Waals surface area contributed by atoms with E-state index in [9.17, 15) is 9.59 Å². The highest BCUT2D eigenvalue weighted by Gasteiger charge is 2.10. The fraction of sp³-hybridized carbons (Fsp3) is 0.0625. The van der Waals surface area contributed by atoms with Crippen LogP contribution in [-0.4, -0.2) is 21.7 Å². The van der Waals surface area contributed by atoms with Crippen LogP contribution in [0.25, 0.3) is 0 Å². The second-order valence-electron chi connectivity index (χ2n) is 4.63. The lowest BCUT2D eigenvalue weighted by molar-refractivity contribution is -0.112. The van der Waals surface area contributed by atoms with Crippen molar-refractivity contribution >= 4 is 39.3 Å². The molecule has 1 aromatic heterocycles. The zero-order chi connectivity index (χ0) is 17.5. The summed E-state index contributed by atoms with van der Waals surface area (Å²) in [6.07, 6.45) is 4.28. The van der Waals surface area contributed by atoms with E-state index in [2.05, 4.69) is 36.5 Å². The van der Waals surface area contributed by atoms with Crippen molar-refractivity contribution in [3.63, 3.8) is 0 Å². The fourth-order valence-corrected chi connectivity index (χ4v) is 1.89. The maximum absolute atomic E-state index is 12.1. The van der Waals surface area contributed by atoms with E-state index < -0.39 is 5.91 Å². The maximum atomic E-state index is 12.1. The van der Waals surface area contributed by atoms with Crippen LogP contribution >= 0.6 is 15.9 Å². The van der Waals surface area contributed by atoms with Gasteiger partial charge in [-0.05, 0) is 35.0 Å². The Balaban J connectivity index is 2.10. The molecule has 0 spiro atoms. The van der Waals surface area contributed by atoms with Crippen LogP contribution in [-0.2, 0) is 4.79 Å². The SMILES string of the molecule is CC(=O)c1cccc(NC(=O)/C(C#N)=C\Nc2ncc(Br)cn2)c1. The number of rotatable bonds is 5. The predicted octanol–water partition coefficient (Wildman–Crippen LogP) is 2.90. The van der Waals surface area contributed by atoms with Crippen molar-refractivity contribution in [3.8, 4) is 6.07 Å². The Morgan fingerprint density at radius 1 is 1.29 bits per heavy atom. The fourth-order valence-electron chi connectivity index (χ4n) is 1.69. The van der Waals surface area contributed by atoms with Gasteiger partial charge in [0.15, 0.2) is 5.78 Å². The molecule has 24 heavy (non-hydrogen) atoms. The molecule has 1 aromatic carbocycles. The standard InChI is InChI=1S/C16H12BrN5O2/c1-10(23)11-3-2-4-14(5-11)22-15(24)12(6-18)7-19-16-20-8-13(17)9-21-16/h2-5,7-9H,1H3,(H,22,24)(H,19,20,21)/b12-7-. The van der Waals surface area contributed by atoms with Crippen LogP contribution in [0.5, 0.6) is 0 Å². The monoisotopic (exact) mass is 385 g/mol. The van der Waals surface area contributed by atoms with Crippen LogP contribution in [0, 0.1) is 11.3 Å². The molecular formula is C16H12BrN5O2. The Labute approximate surface area is 146 Å². The molecule has 0 saturated carbocycles. The molecule has 8 heteroatoms. The number of aromatic nitrogens is 2. The topological polar surface area (TPSA) is 108 Å². The highest BCUT2D eigenvalue weighted by molar-refractivity contribution is 9.10. The van der Waals surface area contributed by atoms with Crippen LogP contribution in [0.1, 0.15) is 17.3 Å². The first kappa shape index (κ1) is 17.3. The zero-order valence-corrected chi connectivity index (χ0v) is 14.2. The lowest BCUT2D eigenvalue weighted by Gasteiger charge is -2.06. The minimum Gasteiger partial charge on any atom is -0.329 e. The number of amides is 1. The van der Waals surface area contributed by atoms with E-state index in [4.69, 9.17) is 5.26 Å². The molecule has 2 rings (SSSR count). The summed E-state index contributed by atoms with van der Waals surface area (Å²) in [6, 6.07) is 8.26. The normalized spacial score (nSPS) is 10.6. The highest BCUT2D eigenvalue weighted by Crippen LogP contribution is 2.13. The summed E-state index contributed by atoms with van der Waals surface area (Å²) < 4.78 is 0.709. The van der Waals surface area contributed by atoms with Gasteiger partial charge >= 0.3 is 0 Å². The minimum atomic E-state index is -0.609. The maximum Gasteiger partial charge on any atom is 0.267 e. The van der Waals surface area contributed by atoms with Gasteiger partial charge in [0.25, 0.3) is 5.91 Å². The molecule has 1 heterocycles. The largest absolute Gasteiger partial charge is 0.329 e. The number of hydrogen-bond acceptors (Lipinski definition) is 6. The molecule has 0 bridgehead atoms. The van der Waals surface area contributed by atoms with E-state index in [1.165, 1.54) is 25.5 Å². The second-order valence-corrected chi connectivity index (χ2v) is 5.55. The van der Waals surface area contributed by atoms with Gasteiger partial charge in [0, 0.05) is 29.8 Å². The first-order valence-corrected chi connectivity index (χ1v) is 7.55. The molecule has 0 radical (unpaired) electrons. The quantitative estimate of drug-likeness (QED) is 0.465. The van der Waals surface area contributed by atoms with Gasteiger partial charge in [-0.2, -0.15) is 5.26 Å². The third kappa shape index (κ3) is 4.72. The predicted molar refractivity (Wildman–Crippen MR) is 92.1 cm³/mol. The minimum absolute atomic E-state index is 0.115. The molecule has 0 aliphatic carbocycles. The van der Waals surface area contributed by atoms with Gasteiger partial charge < -0.3 is 10.6 Å². The molecule has 1 amide bonds. The number of nitriles is 1. The van der Waals surface area contributed by atoms with Gasteiger partial charge in [-0.3, -0.25) is 9.59 Å². The molecule has 0 aliphatic heterocycles. The van der Waals surface area contributed by atoms with Gasteiger partial charge in [-0.1, -0.05) is 12.1 Å². The zero-order valence-electron chi connectivity index (χ0n) is 12.6. The van der Waals surface area contributed by atoms with Crippen LogP contribution in [0.3, 0.4) is 0 Å².